The van der Waals surface area contributed by atoms with E-state index in [1.165, 1.54) is 11.8 Å². The number of benzene rings is 2. The lowest BCUT2D eigenvalue weighted by atomic mass is 10.1. The summed E-state index contributed by atoms with van der Waals surface area (Å²) in [6.07, 6.45) is 3.49. The van der Waals surface area contributed by atoms with Gasteiger partial charge >= 0.3 is 5.63 Å². The summed E-state index contributed by atoms with van der Waals surface area (Å²) in [5, 5.41) is 5.28. The van der Waals surface area contributed by atoms with Gasteiger partial charge in [0.05, 0.1) is 29.8 Å². The van der Waals surface area contributed by atoms with Gasteiger partial charge in [-0.3, -0.25) is 4.79 Å². The topological polar surface area (TPSA) is 81.5 Å². The van der Waals surface area contributed by atoms with E-state index < -0.39 is 5.63 Å². The van der Waals surface area contributed by atoms with E-state index >= 15 is 0 Å². The summed E-state index contributed by atoms with van der Waals surface area (Å²) in [7, 11) is 0. The van der Waals surface area contributed by atoms with E-state index in [0.29, 0.717) is 34.9 Å². The quantitative estimate of drug-likeness (QED) is 0.337. The number of thioether (sulfide) groups is 1. The van der Waals surface area contributed by atoms with Crippen molar-refractivity contribution in [3.05, 3.63) is 107 Å². The summed E-state index contributed by atoms with van der Waals surface area (Å²) in [6, 6.07) is 22.5. The van der Waals surface area contributed by atoms with Crippen molar-refractivity contribution in [2.24, 2.45) is 0 Å². The van der Waals surface area contributed by atoms with E-state index in [1.807, 2.05) is 60.8 Å². The Hall–Kier alpha value is -4.04. The molecule has 0 N–H and O–H groups in total. The molecule has 0 spiro atoms. The minimum atomic E-state index is -0.467. The summed E-state index contributed by atoms with van der Waals surface area (Å²) < 4.78 is 12.8. The van der Waals surface area contributed by atoms with Crippen molar-refractivity contribution in [2.75, 3.05) is 5.75 Å². The number of rotatable bonds is 5. The fourth-order valence-corrected chi connectivity index (χ4v) is 5.36. The fraction of sp³-hybridized carbons (Fsp3) is 0.115. The van der Waals surface area contributed by atoms with Gasteiger partial charge in [-0.2, -0.15) is 5.10 Å². The maximum Gasteiger partial charge on any atom is 0.345 e. The van der Waals surface area contributed by atoms with Crippen LogP contribution < -0.4 is 5.63 Å². The van der Waals surface area contributed by atoms with Crippen LogP contribution in [0.4, 0.5) is 0 Å². The number of carbonyl (C=O) groups is 1. The summed E-state index contributed by atoms with van der Waals surface area (Å²) in [5.74, 6) is 1.05. The Kier molecular flexibility index (Phi) is 5.07. The lowest BCUT2D eigenvalue weighted by Crippen LogP contribution is -2.27. The molecular formula is C26H19N3O4S. The molecule has 0 bridgehead atoms. The predicted octanol–water partition coefficient (Wildman–Crippen LogP) is 5.01. The van der Waals surface area contributed by atoms with Gasteiger partial charge in [0.25, 0.3) is 0 Å². The van der Waals surface area contributed by atoms with Crippen molar-refractivity contribution in [1.82, 2.24) is 14.7 Å². The Balaban J connectivity index is 1.52. The molecule has 1 amide bonds. The van der Waals surface area contributed by atoms with Crippen molar-refractivity contribution in [1.29, 1.82) is 0 Å². The second kappa shape index (κ2) is 8.39. The van der Waals surface area contributed by atoms with Crippen LogP contribution in [0.1, 0.15) is 16.7 Å². The number of amides is 1. The van der Waals surface area contributed by atoms with Crippen LogP contribution in [0, 0.1) is 0 Å². The third-order valence-corrected chi connectivity index (χ3v) is 7.04. The highest BCUT2D eigenvalue weighted by Gasteiger charge is 2.37. The molecule has 2 aromatic carbocycles. The molecule has 1 fully saturated rings. The van der Waals surface area contributed by atoms with E-state index in [4.69, 9.17) is 13.9 Å². The molecule has 1 atom stereocenters. The first kappa shape index (κ1) is 20.6. The van der Waals surface area contributed by atoms with Gasteiger partial charge in [0.1, 0.15) is 22.4 Å². The minimum absolute atomic E-state index is 0.00959. The first-order valence-electron chi connectivity index (χ1n) is 10.8. The number of aromatic nitrogens is 2. The molecule has 0 unspecified atom stereocenters. The largest absolute Gasteiger partial charge is 0.467 e. The van der Waals surface area contributed by atoms with Gasteiger partial charge in [0, 0.05) is 17.1 Å². The molecule has 168 valence electrons. The van der Waals surface area contributed by atoms with Crippen LogP contribution in [0.5, 0.6) is 0 Å². The zero-order valence-corrected chi connectivity index (χ0v) is 18.8. The third-order valence-electron chi connectivity index (χ3n) is 5.80. The molecule has 1 aliphatic rings. The zero-order valence-electron chi connectivity index (χ0n) is 18.0. The van der Waals surface area contributed by atoms with E-state index in [1.54, 1.807) is 34.0 Å². The zero-order chi connectivity index (χ0) is 23.1. The highest BCUT2D eigenvalue weighted by Crippen LogP contribution is 2.43. The third kappa shape index (κ3) is 3.62. The molecule has 0 radical (unpaired) electrons. The number of carbonyl (C=O) groups excluding carboxylic acids is 1. The average Bonchev–Trinajstić information content (AvgIpc) is 3.61. The van der Waals surface area contributed by atoms with E-state index in [0.717, 1.165) is 16.6 Å². The molecule has 5 aromatic rings. The first-order valence-corrected chi connectivity index (χ1v) is 11.8. The molecule has 6 rings (SSSR count). The smallest absolute Gasteiger partial charge is 0.345 e. The Bertz CT molecular complexity index is 1540. The number of nitrogens with zero attached hydrogens (tertiary/aromatic N) is 3. The molecule has 1 saturated heterocycles. The Morgan fingerprint density at radius 1 is 1.00 bits per heavy atom. The van der Waals surface area contributed by atoms with Crippen molar-refractivity contribution < 1.29 is 13.6 Å². The molecular weight excluding hydrogens is 450 g/mol. The van der Waals surface area contributed by atoms with Gasteiger partial charge in [-0.15, -0.1) is 11.8 Å². The highest BCUT2D eigenvalue weighted by atomic mass is 32.2. The first-order chi connectivity index (χ1) is 16.7. The number of para-hydroxylation sites is 2. The lowest BCUT2D eigenvalue weighted by Gasteiger charge is -2.22. The van der Waals surface area contributed by atoms with Crippen LogP contribution in [0.15, 0.2) is 98.9 Å². The SMILES string of the molecule is O=C1CS[C@@H](c2cn(-c3ccccc3)nc2-c2cc3ccccc3oc2=O)N1Cc1ccco1. The van der Waals surface area contributed by atoms with Crippen LogP contribution in [0.3, 0.4) is 0 Å². The molecule has 7 nitrogen and oxygen atoms in total. The lowest BCUT2D eigenvalue weighted by molar-refractivity contribution is -0.128. The standard InChI is InChI=1S/C26H19N3O4S/c30-23-16-34-25(28(23)14-19-10-6-12-32-19)21-15-29(18-8-2-1-3-9-18)27-24(21)20-13-17-7-4-5-11-22(17)33-26(20)31/h1-13,15,25H,14,16H2/t25-/m0/s1. The van der Waals surface area contributed by atoms with Gasteiger partial charge in [-0.05, 0) is 36.4 Å². The molecule has 0 aliphatic carbocycles. The van der Waals surface area contributed by atoms with Crippen molar-refractivity contribution in [3.63, 3.8) is 0 Å². The van der Waals surface area contributed by atoms with Gasteiger partial charge < -0.3 is 13.7 Å². The normalized spacial score (nSPS) is 15.9. The number of fused-ring (bicyclic) bond motifs is 1. The minimum Gasteiger partial charge on any atom is -0.467 e. The average molecular weight is 470 g/mol. The number of furan rings is 1. The van der Waals surface area contributed by atoms with Crippen LogP contribution in [-0.4, -0.2) is 26.3 Å². The van der Waals surface area contributed by atoms with Gasteiger partial charge in [-0.25, -0.2) is 9.48 Å². The van der Waals surface area contributed by atoms with Crippen LogP contribution in [-0.2, 0) is 11.3 Å². The van der Waals surface area contributed by atoms with Gasteiger partial charge in [-0.1, -0.05) is 36.4 Å². The Labute approximate surface area is 198 Å². The maximum atomic E-state index is 13.0. The number of hydrogen-bond acceptors (Lipinski definition) is 6. The van der Waals surface area contributed by atoms with Gasteiger partial charge in [0.15, 0.2) is 0 Å². The van der Waals surface area contributed by atoms with Crippen molar-refractivity contribution >= 4 is 28.6 Å². The van der Waals surface area contributed by atoms with Gasteiger partial charge in [0.2, 0.25) is 5.91 Å². The molecule has 4 heterocycles. The summed E-state index contributed by atoms with van der Waals surface area (Å²) in [6.45, 7) is 0.339. The molecule has 1 aliphatic heterocycles. The van der Waals surface area contributed by atoms with Crippen LogP contribution in [0.2, 0.25) is 0 Å². The molecule has 8 heteroatoms. The number of hydrogen-bond donors (Lipinski definition) is 0. The molecule has 3 aromatic heterocycles. The summed E-state index contributed by atoms with van der Waals surface area (Å²) in [5.41, 5.74) is 2.54. The van der Waals surface area contributed by atoms with Crippen molar-refractivity contribution in [2.45, 2.75) is 11.9 Å². The molecule has 34 heavy (non-hydrogen) atoms. The van der Waals surface area contributed by atoms with E-state index in [9.17, 15) is 9.59 Å². The maximum absolute atomic E-state index is 13.0. The fourth-order valence-electron chi connectivity index (χ4n) is 4.17. The summed E-state index contributed by atoms with van der Waals surface area (Å²) in [4.78, 5) is 27.6. The monoisotopic (exact) mass is 469 g/mol. The second-order valence-corrected chi connectivity index (χ2v) is 9.03. The van der Waals surface area contributed by atoms with Crippen molar-refractivity contribution in [3.8, 4) is 16.9 Å². The van der Waals surface area contributed by atoms with E-state index in [-0.39, 0.29) is 11.3 Å². The Morgan fingerprint density at radius 3 is 2.65 bits per heavy atom. The molecule has 0 saturated carbocycles. The second-order valence-electron chi connectivity index (χ2n) is 7.96. The van der Waals surface area contributed by atoms with E-state index in [2.05, 4.69) is 0 Å². The summed E-state index contributed by atoms with van der Waals surface area (Å²) >= 11 is 1.51. The van der Waals surface area contributed by atoms with Crippen LogP contribution in [0.25, 0.3) is 27.9 Å². The Morgan fingerprint density at radius 2 is 1.82 bits per heavy atom. The highest BCUT2D eigenvalue weighted by molar-refractivity contribution is 8.00. The van der Waals surface area contributed by atoms with Crippen LogP contribution >= 0.6 is 11.8 Å². The predicted molar refractivity (Wildman–Crippen MR) is 129 cm³/mol.